The fraction of sp³-hybridized carbons (Fsp3) is 0.611. The van der Waals surface area contributed by atoms with Gasteiger partial charge in [0.05, 0.1) is 12.9 Å². The lowest BCUT2D eigenvalue weighted by atomic mass is 10.1. The van der Waals surface area contributed by atoms with Crippen molar-refractivity contribution in [2.45, 2.75) is 41.2 Å². The first kappa shape index (κ1) is 21.3. The number of methoxy groups -OCH3 is 1. The second kappa shape index (κ2) is 9.08. The molecular formula is C18H29NO5S. The smallest absolute Gasteiger partial charge is 0.309 e. The van der Waals surface area contributed by atoms with Crippen LogP contribution in [0.2, 0.25) is 0 Å². The van der Waals surface area contributed by atoms with E-state index in [4.69, 9.17) is 8.92 Å². The molecule has 1 amide bonds. The van der Waals surface area contributed by atoms with Gasteiger partial charge in [-0.2, -0.15) is 8.42 Å². The number of ether oxygens (including phenoxy) is 1. The molecule has 1 aromatic rings. The highest BCUT2D eigenvalue weighted by Gasteiger charge is 2.20. The van der Waals surface area contributed by atoms with Gasteiger partial charge in [-0.1, -0.05) is 33.8 Å². The maximum absolute atomic E-state index is 12.4. The zero-order valence-electron chi connectivity index (χ0n) is 15.9. The van der Waals surface area contributed by atoms with E-state index < -0.39 is 10.1 Å². The van der Waals surface area contributed by atoms with Crippen molar-refractivity contribution < 1.29 is 22.1 Å². The molecule has 0 aliphatic heterocycles. The Bertz CT molecular complexity index is 683. The van der Waals surface area contributed by atoms with E-state index in [2.05, 4.69) is 13.8 Å². The van der Waals surface area contributed by atoms with E-state index in [1.807, 2.05) is 19.9 Å². The lowest BCUT2D eigenvalue weighted by Gasteiger charge is -2.26. The molecule has 25 heavy (non-hydrogen) atoms. The number of amides is 1. The summed E-state index contributed by atoms with van der Waals surface area (Å²) in [6.45, 7) is 10.4. The molecule has 0 aliphatic carbocycles. The molecule has 0 radical (unpaired) electrons. The van der Waals surface area contributed by atoms with Crippen molar-refractivity contribution >= 4 is 16.0 Å². The summed E-state index contributed by atoms with van der Waals surface area (Å²) in [6, 6.07) is 5.08. The standard InChI is InChI=1S/C18H29NO5S/c1-7-25(21,22)24-17-10-15(8-9-16(17)23-6)12-19(11-13(2)3)18(20)14(4)5/h8-10,13-14H,7,11-12H2,1-6H3. The predicted molar refractivity (Wildman–Crippen MR) is 98.2 cm³/mol. The molecule has 6 nitrogen and oxygen atoms in total. The Kier molecular flexibility index (Phi) is 7.73. The molecule has 142 valence electrons. The summed E-state index contributed by atoms with van der Waals surface area (Å²) >= 11 is 0. The third-order valence-electron chi connectivity index (χ3n) is 3.56. The van der Waals surface area contributed by atoms with Gasteiger partial charge in [0.1, 0.15) is 0 Å². The lowest BCUT2D eigenvalue weighted by molar-refractivity contribution is -0.135. The van der Waals surface area contributed by atoms with Crippen molar-refractivity contribution in [2.75, 3.05) is 19.4 Å². The molecule has 0 N–H and O–H groups in total. The van der Waals surface area contributed by atoms with Crippen molar-refractivity contribution in [1.82, 2.24) is 4.90 Å². The first-order valence-electron chi connectivity index (χ1n) is 8.47. The summed E-state index contributed by atoms with van der Waals surface area (Å²) < 4.78 is 33.8. The zero-order chi connectivity index (χ0) is 19.2. The second-order valence-electron chi connectivity index (χ2n) is 6.68. The maximum Gasteiger partial charge on any atom is 0.309 e. The highest BCUT2D eigenvalue weighted by Crippen LogP contribution is 2.30. The summed E-state index contributed by atoms with van der Waals surface area (Å²) in [5.74, 6) is 0.638. The van der Waals surface area contributed by atoms with Gasteiger partial charge in [0, 0.05) is 19.0 Å². The van der Waals surface area contributed by atoms with Crippen LogP contribution in [-0.4, -0.2) is 38.6 Å². The number of hydrogen-bond acceptors (Lipinski definition) is 5. The molecule has 0 saturated heterocycles. The minimum absolute atomic E-state index is 0.0631. The largest absolute Gasteiger partial charge is 0.493 e. The van der Waals surface area contributed by atoms with Gasteiger partial charge in [0.2, 0.25) is 5.91 Å². The maximum atomic E-state index is 12.4. The van der Waals surface area contributed by atoms with Crippen LogP contribution in [0.5, 0.6) is 11.5 Å². The van der Waals surface area contributed by atoms with Crippen LogP contribution in [0.25, 0.3) is 0 Å². The Balaban J connectivity index is 3.12. The van der Waals surface area contributed by atoms with Gasteiger partial charge in [-0.3, -0.25) is 4.79 Å². The summed E-state index contributed by atoms with van der Waals surface area (Å²) in [7, 11) is -2.21. The molecule has 0 heterocycles. The van der Waals surface area contributed by atoms with E-state index in [9.17, 15) is 13.2 Å². The quantitative estimate of drug-likeness (QED) is 0.624. The molecule has 0 unspecified atom stereocenters. The van der Waals surface area contributed by atoms with Crippen LogP contribution in [0.1, 0.15) is 40.2 Å². The molecule has 0 spiro atoms. The van der Waals surface area contributed by atoms with Crippen molar-refractivity contribution in [2.24, 2.45) is 11.8 Å². The summed E-state index contributed by atoms with van der Waals surface area (Å²) in [5, 5.41) is 0. The van der Waals surface area contributed by atoms with Gasteiger partial charge >= 0.3 is 10.1 Å². The number of benzene rings is 1. The van der Waals surface area contributed by atoms with Gasteiger partial charge in [-0.25, -0.2) is 0 Å². The SMILES string of the molecule is CCS(=O)(=O)Oc1cc(CN(CC(C)C)C(=O)C(C)C)ccc1OC. The number of nitrogens with zero attached hydrogens (tertiary/aromatic N) is 1. The normalized spacial score (nSPS) is 11.7. The van der Waals surface area contributed by atoms with Gasteiger partial charge in [-0.15, -0.1) is 0 Å². The van der Waals surface area contributed by atoms with Crippen LogP contribution >= 0.6 is 0 Å². The molecule has 1 aromatic carbocycles. The third kappa shape index (κ3) is 6.57. The molecule has 1 rings (SSSR count). The second-order valence-corrected chi connectivity index (χ2v) is 8.54. The van der Waals surface area contributed by atoms with Crippen LogP contribution in [0.15, 0.2) is 18.2 Å². The fourth-order valence-corrected chi connectivity index (χ4v) is 2.86. The molecule has 0 bridgehead atoms. The monoisotopic (exact) mass is 371 g/mol. The Hall–Kier alpha value is -1.76. The van der Waals surface area contributed by atoms with Crippen LogP contribution < -0.4 is 8.92 Å². The number of rotatable bonds is 9. The van der Waals surface area contributed by atoms with E-state index in [0.717, 1.165) is 5.56 Å². The summed E-state index contributed by atoms with van der Waals surface area (Å²) in [5.41, 5.74) is 0.789. The van der Waals surface area contributed by atoms with E-state index in [1.165, 1.54) is 14.0 Å². The van der Waals surface area contributed by atoms with Crippen LogP contribution in [0.4, 0.5) is 0 Å². The van der Waals surface area contributed by atoms with Crippen molar-refractivity contribution in [3.63, 3.8) is 0 Å². The predicted octanol–water partition coefficient (Wildman–Crippen LogP) is 3.06. The zero-order valence-corrected chi connectivity index (χ0v) is 16.7. The molecule has 0 atom stereocenters. The van der Waals surface area contributed by atoms with E-state index >= 15 is 0 Å². The fourth-order valence-electron chi connectivity index (χ4n) is 2.34. The number of carbonyl (C=O) groups excluding carboxylic acids is 1. The average molecular weight is 371 g/mol. The van der Waals surface area contributed by atoms with E-state index in [-0.39, 0.29) is 23.3 Å². The highest BCUT2D eigenvalue weighted by atomic mass is 32.2. The first-order chi connectivity index (χ1) is 11.6. The molecule has 0 aliphatic rings. The number of carbonyl (C=O) groups is 1. The van der Waals surface area contributed by atoms with Crippen LogP contribution in [0, 0.1) is 11.8 Å². The van der Waals surface area contributed by atoms with Crippen molar-refractivity contribution in [3.8, 4) is 11.5 Å². The average Bonchev–Trinajstić information content (AvgIpc) is 2.53. The van der Waals surface area contributed by atoms with Gasteiger partial charge in [-0.05, 0) is 30.5 Å². The number of hydrogen-bond donors (Lipinski definition) is 0. The Morgan fingerprint density at radius 2 is 1.80 bits per heavy atom. The van der Waals surface area contributed by atoms with Gasteiger partial charge < -0.3 is 13.8 Å². The Morgan fingerprint density at radius 1 is 1.16 bits per heavy atom. The topological polar surface area (TPSA) is 72.9 Å². The third-order valence-corrected chi connectivity index (χ3v) is 4.70. The summed E-state index contributed by atoms with van der Waals surface area (Å²) in [6.07, 6.45) is 0. The van der Waals surface area contributed by atoms with Gasteiger partial charge in [0.25, 0.3) is 0 Å². The van der Waals surface area contributed by atoms with E-state index in [1.54, 1.807) is 17.0 Å². The minimum Gasteiger partial charge on any atom is -0.493 e. The summed E-state index contributed by atoms with van der Waals surface area (Å²) in [4.78, 5) is 14.2. The van der Waals surface area contributed by atoms with Crippen molar-refractivity contribution in [3.05, 3.63) is 23.8 Å². The molecule has 0 fully saturated rings. The highest BCUT2D eigenvalue weighted by molar-refractivity contribution is 7.87. The molecular weight excluding hydrogens is 342 g/mol. The van der Waals surface area contributed by atoms with E-state index in [0.29, 0.717) is 24.8 Å². The Morgan fingerprint density at radius 3 is 2.28 bits per heavy atom. The molecule has 0 saturated carbocycles. The first-order valence-corrected chi connectivity index (χ1v) is 10.0. The molecule has 0 aromatic heterocycles. The van der Waals surface area contributed by atoms with Gasteiger partial charge in [0.15, 0.2) is 11.5 Å². The van der Waals surface area contributed by atoms with Crippen molar-refractivity contribution in [1.29, 1.82) is 0 Å². The van der Waals surface area contributed by atoms with Crippen LogP contribution in [-0.2, 0) is 21.5 Å². The molecule has 7 heteroatoms. The lowest BCUT2D eigenvalue weighted by Crippen LogP contribution is -2.36. The van der Waals surface area contributed by atoms with Crippen LogP contribution in [0.3, 0.4) is 0 Å². The Labute approximate surface area is 151 Å². The minimum atomic E-state index is -3.66.